The van der Waals surface area contributed by atoms with E-state index in [1.807, 2.05) is 67.6 Å². The number of anilines is 1. The number of hydrogen-bond acceptors (Lipinski definition) is 2. The van der Waals surface area contributed by atoms with Gasteiger partial charge in [0.1, 0.15) is 6.04 Å². The normalized spacial score (nSPS) is 11.4. The molecule has 2 amide bonds. The lowest BCUT2D eigenvalue weighted by atomic mass is 10.0. The Hall–Kier alpha value is -3.40. The zero-order valence-electron chi connectivity index (χ0n) is 15.2. The van der Waals surface area contributed by atoms with Crippen LogP contribution in [0.4, 0.5) is 5.69 Å². The molecule has 0 unspecified atom stereocenters. The summed E-state index contributed by atoms with van der Waals surface area (Å²) in [6.45, 7) is 1.93. The fourth-order valence-corrected chi connectivity index (χ4v) is 2.82. The smallest absolute Gasteiger partial charge is 0.251 e. The highest BCUT2D eigenvalue weighted by atomic mass is 16.2. The predicted molar refractivity (Wildman–Crippen MR) is 108 cm³/mol. The number of benzene rings is 3. The predicted octanol–water partition coefficient (Wildman–Crippen LogP) is 3.97. The molecule has 3 rings (SSSR count). The monoisotopic (exact) mass is 358 g/mol. The summed E-state index contributed by atoms with van der Waals surface area (Å²) in [5, 5.41) is 5.80. The zero-order chi connectivity index (χ0) is 19.1. The number of aryl methyl sites for hydroxylation is 1. The summed E-state index contributed by atoms with van der Waals surface area (Å²) in [6.07, 6.45) is 0.414. The van der Waals surface area contributed by atoms with Crippen molar-refractivity contribution < 1.29 is 9.59 Å². The third kappa shape index (κ3) is 5.05. The van der Waals surface area contributed by atoms with Crippen molar-refractivity contribution in [2.45, 2.75) is 19.4 Å². The van der Waals surface area contributed by atoms with E-state index in [1.165, 1.54) is 0 Å². The minimum atomic E-state index is -0.681. The summed E-state index contributed by atoms with van der Waals surface area (Å²) in [6, 6.07) is 25.5. The summed E-state index contributed by atoms with van der Waals surface area (Å²) in [4.78, 5) is 25.5. The molecule has 0 aliphatic heterocycles. The third-order valence-electron chi connectivity index (χ3n) is 4.34. The molecular weight excluding hydrogens is 336 g/mol. The van der Waals surface area contributed by atoms with Crippen molar-refractivity contribution in [3.05, 3.63) is 102 Å². The van der Waals surface area contributed by atoms with E-state index < -0.39 is 6.04 Å². The highest BCUT2D eigenvalue weighted by Gasteiger charge is 2.22. The second-order valence-corrected chi connectivity index (χ2v) is 6.39. The number of nitrogens with one attached hydrogen (secondary N) is 2. The molecule has 0 aliphatic carbocycles. The van der Waals surface area contributed by atoms with Crippen molar-refractivity contribution in [1.82, 2.24) is 5.32 Å². The Balaban J connectivity index is 1.79. The van der Waals surface area contributed by atoms with Crippen molar-refractivity contribution in [2.75, 3.05) is 5.32 Å². The number of carbonyl (C=O) groups excluding carboxylic acids is 2. The summed E-state index contributed by atoms with van der Waals surface area (Å²) >= 11 is 0. The molecule has 3 aromatic carbocycles. The number of rotatable bonds is 6. The van der Waals surface area contributed by atoms with Gasteiger partial charge in [0.15, 0.2) is 0 Å². The second kappa shape index (κ2) is 8.81. The maximum absolute atomic E-state index is 12.9. The lowest BCUT2D eigenvalue weighted by molar-refractivity contribution is -0.118. The topological polar surface area (TPSA) is 58.2 Å². The average Bonchev–Trinajstić information content (AvgIpc) is 2.70. The summed E-state index contributed by atoms with van der Waals surface area (Å²) in [5.41, 5.74) is 3.23. The molecule has 0 radical (unpaired) electrons. The van der Waals surface area contributed by atoms with Gasteiger partial charge in [-0.25, -0.2) is 0 Å². The Bertz CT molecular complexity index is 908. The zero-order valence-corrected chi connectivity index (χ0v) is 15.2. The van der Waals surface area contributed by atoms with E-state index in [0.29, 0.717) is 12.0 Å². The SMILES string of the molecule is Cc1ccccc1NC(=O)[C@@H](Cc1ccccc1)NC(=O)c1ccccc1. The largest absolute Gasteiger partial charge is 0.340 e. The first-order valence-electron chi connectivity index (χ1n) is 8.90. The van der Waals surface area contributed by atoms with Crippen LogP contribution in [0.25, 0.3) is 0 Å². The molecule has 0 spiro atoms. The van der Waals surface area contributed by atoms with E-state index in [1.54, 1.807) is 24.3 Å². The second-order valence-electron chi connectivity index (χ2n) is 6.39. The maximum Gasteiger partial charge on any atom is 0.251 e. The van der Waals surface area contributed by atoms with Crippen LogP contribution in [-0.4, -0.2) is 17.9 Å². The standard InChI is InChI=1S/C23H22N2O2/c1-17-10-8-9-15-20(17)24-23(27)21(16-18-11-4-2-5-12-18)25-22(26)19-13-6-3-7-14-19/h2-15,21H,16H2,1H3,(H,24,27)(H,25,26)/t21-/m1/s1. The highest BCUT2D eigenvalue weighted by Crippen LogP contribution is 2.14. The fraction of sp³-hybridized carbons (Fsp3) is 0.130. The van der Waals surface area contributed by atoms with Crippen LogP contribution in [0.2, 0.25) is 0 Å². The molecular formula is C23H22N2O2. The van der Waals surface area contributed by atoms with Crippen LogP contribution in [-0.2, 0) is 11.2 Å². The molecule has 3 aromatic rings. The Labute approximate surface area is 159 Å². The molecule has 2 N–H and O–H groups in total. The number of para-hydroxylation sites is 1. The maximum atomic E-state index is 12.9. The lowest BCUT2D eigenvalue weighted by Gasteiger charge is -2.19. The van der Waals surface area contributed by atoms with E-state index in [4.69, 9.17) is 0 Å². The van der Waals surface area contributed by atoms with Crippen LogP contribution < -0.4 is 10.6 Å². The summed E-state index contributed by atoms with van der Waals surface area (Å²) < 4.78 is 0. The number of hydrogen-bond donors (Lipinski definition) is 2. The van der Waals surface area contributed by atoms with E-state index in [-0.39, 0.29) is 11.8 Å². The minimum Gasteiger partial charge on any atom is -0.340 e. The first-order chi connectivity index (χ1) is 13.1. The fourth-order valence-electron chi connectivity index (χ4n) is 2.82. The Morgan fingerprint density at radius 2 is 1.41 bits per heavy atom. The van der Waals surface area contributed by atoms with Gasteiger partial charge in [-0.1, -0.05) is 66.7 Å². The number of amides is 2. The van der Waals surface area contributed by atoms with Crippen LogP contribution in [0, 0.1) is 6.92 Å². The van der Waals surface area contributed by atoms with Crippen LogP contribution in [0.5, 0.6) is 0 Å². The van der Waals surface area contributed by atoms with Crippen LogP contribution in [0.15, 0.2) is 84.9 Å². The van der Waals surface area contributed by atoms with Crippen molar-refractivity contribution in [3.8, 4) is 0 Å². The van der Waals surface area contributed by atoms with Crippen molar-refractivity contribution in [1.29, 1.82) is 0 Å². The molecule has 0 bridgehead atoms. The molecule has 27 heavy (non-hydrogen) atoms. The van der Waals surface area contributed by atoms with Gasteiger partial charge >= 0.3 is 0 Å². The Morgan fingerprint density at radius 3 is 2.07 bits per heavy atom. The molecule has 0 saturated heterocycles. The van der Waals surface area contributed by atoms with Gasteiger partial charge in [-0.2, -0.15) is 0 Å². The highest BCUT2D eigenvalue weighted by molar-refractivity contribution is 6.01. The third-order valence-corrected chi connectivity index (χ3v) is 4.34. The Kier molecular flexibility index (Phi) is 6.00. The van der Waals surface area contributed by atoms with Gasteiger partial charge in [0, 0.05) is 17.7 Å². The summed E-state index contributed by atoms with van der Waals surface area (Å²) in [5.74, 6) is -0.506. The molecule has 4 heteroatoms. The molecule has 1 atom stereocenters. The lowest BCUT2D eigenvalue weighted by Crippen LogP contribution is -2.45. The quantitative estimate of drug-likeness (QED) is 0.700. The van der Waals surface area contributed by atoms with Gasteiger partial charge in [-0.05, 0) is 36.2 Å². The van der Waals surface area contributed by atoms with E-state index in [9.17, 15) is 9.59 Å². The first kappa shape index (κ1) is 18.4. The van der Waals surface area contributed by atoms with Gasteiger partial charge in [-0.3, -0.25) is 9.59 Å². The molecule has 0 fully saturated rings. The molecule has 0 aliphatic rings. The molecule has 4 nitrogen and oxygen atoms in total. The minimum absolute atomic E-state index is 0.238. The molecule has 0 aromatic heterocycles. The van der Waals surface area contributed by atoms with Gasteiger partial charge in [-0.15, -0.1) is 0 Å². The van der Waals surface area contributed by atoms with Crippen LogP contribution in [0.1, 0.15) is 21.5 Å². The molecule has 0 heterocycles. The van der Waals surface area contributed by atoms with Crippen molar-refractivity contribution in [2.24, 2.45) is 0 Å². The van der Waals surface area contributed by atoms with Gasteiger partial charge in [0.05, 0.1) is 0 Å². The first-order valence-corrected chi connectivity index (χ1v) is 8.90. The van der Waals surface area contributed by atoms with Gasteiger partial charge < -0.3 is 10.6 Å². The van der Waals surface area contributed by atoms with Crippen LogP contribution in [0.3, 0.4) is 0 Å². The number of carbonyl (C=O) groups is 2. The summed E-state index contributed by atoms with van der Waals surface area (Å²) in [7, 11) is 0. The van der Waals surface area contributed by atoms with Crippen molar-refractivity contribution in [3.63, 3.8) is 0 Å². The van der Waals surface area contributed by atoms with E-state index in [2.05, 4.69) is 10.6 Å². The van der Waals surface area contributed by atoms with Crippen LogP contribution >= 0.6 is 0 Å². The van der Waals surface area contributed by atoms with Gasteiger partial charge in [0.25, 0.3) is 5.91 Å². The molecule has 136 valence electrons. The average molecular weight is 358 g/mol. The van der Waals surface area contributed by atoms with E-state index in [0.717, 1.165) is 16.8 Å². The van der Waals surface area contributed by atoms with E-state index >= 15 is 0 Å². The molecule has 0 saturated carbocycles. The Morgan fingerprint density at radius 1 is 0.815 bits per heavy atom. The van der Waals surface area contributed by atoms with Gasteiger partial charge in [0.2, 0.25) is 5.91 Å². The van der Waals surface area contributed by atoms with Crippen molar-refractivity contribution >= 4 is 17.5 Å².